The summed E-state index contributed by atoms with van der Waals surface area (Å²) < 4.78 is 0. The van der Waals surface area contributed by atoms with Crippen LogP contribution < -0.4 is 16.4 Å². The fourth-order valence-electron chi connectivity index (χ4n) is 2.43. The molecular weight excluding hydrogens is 350 g/mol. The van der Waals surface area contributed by atoms with Crippen molar-refractivity contribution >= 4 is 35.6 Å². The van der Waals surface area contributed by atoms with Crippen LogP contribution in [0.1, 0.15) is 31.4 Å². The van der Waals surface area contributed by atoms with Crippen LogP contribution in [0, 0.1) is 5.92 Å². The lowest BCUT2D eigenvalue weighted by molar-refractivity contribution is -0.120. The lowest BCUT2D eigenvalue weighted by atomic mass is 10.1. The Morgan fingerprint density at radius 3 is 2.35 bits per heavy atom. The van der Waals surface area contributed by atoms with Crippen LogP contribution in [0.5, 0.6) is 0 Å². The third-order valence-electron chi connectivity index (χ3n) is 3.64. The fraction of sp³-hybridized carbons (Fsp3) is 0.300. The highest BCUT2D eigenvalue weighted by atomic mass is 35.5. The molecule has 0 aromatic heterocycles. The quantitative estimate of drug-likeness (QED) is 0.647. The van der Waals surface area contributed by atoms with Gasteiger partial charge in [0.2, 0.25) is 11.8 Å². The summed E-state index contributed by atoms with van der Waals surface area (Å²) in [4.78, 5) is 23.9. The number of carbonyl (C=O) groups is 2. The van der Waals surface area contributed by atoms with Gasteiger partial charge in [0, 0.05) is 24.3 Å². The third-order valence-corrected chi connectivity index (χ3v) is 3.64. The summed E-state index contributed by atoms with van der Waals surface area (Å²) in [5.74, 6) is 0.259. The van der Waals surface area contributed by atoms with E-state index in [0.717, 1.165) is 16.8 Å². The number of amides is 2. The summed E-state index contributed by atoms with van der Waals surface area (Å²) in [6, 6.07) is 14.8. The highest BCUT2D eigenvalue weighted by Gasteiger charge is 2.07. The number of anilines is 2. The number of carbonyl (C=O) groups excluding carboxylic acids is 2. The van der Waals surface area contributed by atoms with Gasteiger partial charge in [-0.25, -0.2) is 0 Å². The largest absolute Gasteiger partial charge is 0.399 e. The average molecular weight is 376 g/mol. The molecule has 2 amide bonds. The predicted molar refractivity (Wildman–Crippen MR) is 108 cm³/mol. The van der Waals surface area contributed by atoms with Crippen molar-refractivity contribution in [3.8, 4) is 0 Å². The van der Waals surface area contributed by atoms with Crippen LogP contribution in [0.3, 0.4) is 0 Å². The Morgan fingerprint density at radius 2 is 1.69 bits per heavy atom. The van der Waals surface area contributed by atoms with Crippen LogP contribution in [0.2, 0.25) is 0 Å². The zero-order valence-corrected chi connectivity index (χ0v) is 15.9. The molecule has 0 heterocycles. The summed E-state index contributed by atoms with van der Waals surface area (Å²) in [6.07, 6.45) is 0.799. The van der Waals surface area contributed by atoms with Crippen molar-refractivity contribution in [2.24, 2.45) is 5.92 Å². The van der Waals surface area contributed by atoms with Gasteiger partial charge in [0.05, 0.1) is 6.42 Å². The Bertz CT molecular complexity index is 730. The standard InChI is InChI=1S/C20H25N3O2.ClH/c1-14(2)10-20(25)23-18-5-3-4-16(11-18)13-22-19(24)12-15-6-8-17(21)9-7-15;/h3-9,11,14H,10,12-13,21H2,1-2H3,(H,22,24)(H,23,25);1H. The second kappa shape index (κ2) is 10.5. The number of hydrogen-bond donors (Lipinski definition) is 3. The van der Waals surface area contributed by atoms with E-state index in [0.29, 0.717) is 31.0 Å². The maximum atomic E-state index is 12.0. The van der Waals surface area contributed by atoms with Crippen molar-refractivity contribution < 1.29 is 9.59 Å². The number of nitrogens with two attached hydrogens (primary N) is 1. The van der Waals surface area contributed by atoms with Crippen LogP contribution in [-0.2, 0) is 22.6 Å². The minimum Gasteiger partial charge on any atom is -0.399 e. The molecule has 2 aromatic rings. The van der Waals surface area contributed by atoms with E-state index >= 15 is 0 Å². The molecule has 0 spiro atoms. The Balaban J connectivity index is 0.00000338. The van der Waals surface area contributed by atoms with Crippen LogP contribution in [0.25, 0.3) is 0 Å². The minimum atomic E-state index is -0.0565. The van der Waals surface area contributed by atoms with E-state index in [1.807, 2.05) is 50.2 Å². The van der Waals surface area contributed by atoms with E-state index in [2.05, 4.69) is 10.6 Å². The lowest BCUT2D eigenvalue weighted by Gasteiger charge is -2.10. The van der Waals surface area contributed by atoms with E-state index in [9.17, 15) is 9.59 Å². The molecule has 140 valence electrons. The Hall–Kier alpha value is -2.53. The van der Waals surface area contributed by atoms with Gasteiger partial charge in [0.1, 0.15) is 0 Å². The molecular formula is C20H26ClN3O2. The maximum absolute atomic E-state index is 12.0. The van der Waals surface area contributed by atoms with E-state index in [1.54, 1.807) is 12.1 Å². The first-order chi connectivity index (χ1) is 11.9. The van der Waals surface area contributed by atoms with Crippen molar-refractivity contribution in [1.82, 2.24) is 5.32 Å². The number of halogens is 1. The van der Waals surface area contributed by atoms with Crippen molar-refractivity contribution in [2.75, 3.05) is 11.1 Å². The zero-order chi connectivity index (χ0) is 18.2. The summed E-state index contributed by atoms with van der Waals surface area (Å²) in [5, 5.41) is 5.77. The average Bonchev–Trinajstić information content (AvgIpc) is 2.55. The molecule has 0 unspecified atom stereocenters. The van der Waals surface area contributed by atoms with E-state index in [4.69, 9.17) is 5.73 Å². The van der Waals surface area contributed by atoms with Gasteiger partial charge in [-0.05, 0) is 41.3 Å². The molecule has 0 aliphatic carbocycles. The first-order valence-corrected chi connectivity index (χ1v) is 8.42. The molecule has 0 atom stereocenters. The number of rotatable bonds is 7. The fourth-order valence-corrected chi connectivity index (χ4v) is 2.43. The van der Waals surface area contributed by atoms with Gasteiger partial charge in [-0.1, -0.05) is 38.1 Å². The van der Waals surface area contributed by atoms with Crippen LogP contribution >= 0.6 is 12.4 Å². The lowest BCUT2D eigenvalue weighted by Crippen LogP contribution is -2.24. The maximum Gasteiger partial charge on any atom is 0.224 e. The number of nitrogens with one attached hydrogen (secondary N) is 2. The SMILES string of the molecule is CC(C)CC(=O)Nc1cccc(CNC(=O)Cc2ccc(N)cc2)c1.Cl. The second-order valence-corrected chi connectivity index (χ2v) is 6.54. The van der Waals surface area contributed by atoms with Gasteiger partial charge in [0.25, 0.3) is 0 Å². The molecule has 6 heteroatoms. The van der Waals surface area contributed by atoms with Gasteiger partial charge in [-0.2, -0.15) is 0 Å². The first kappa shape index (κ1) is 21.5. The summed E-state index contributed by atoms with van der Waals surface area (Å²) in [6.45, 7) is 4.43. The Morgan fingerprint density at radius 1 is 1.00 bits per heavy atom. The molecule has 0 fully saturated rings. The molecule has 26 heavy (non-hydrogen) atoms. The molecule has 0 saturated heterocycles. The molecule has 2 rings (SSSR count). The van der Waals surface area contributed by atoms with E-state index in [-0.39, 0.29) is 24.2 Å². The summed E-state index contributed by atoms with van der Waals surface area (Å²) >= 11 is 0. The van der Waals surface area contributed by atoms with Gasteiger partial charge < -0.3 is 16.4 Å². The summed E-state index contributed by atoms with van der Waals surface area (Å²) in [7, 11) is 0. The smallest absolute Gasteiger partial charge is 0.224 e. The van der Waals surface area contributed by atoms with Crippen molar-refractivity contribution in [3.63, 3.8) is 0 Å². The van der Waals surface area contributed by atoms with Gasteiger partial charge in [-0.15, -0.1) is 12.4 Å². The highest BCUT2D eigenvalue weighted by Crippen LogP contribution is 2.12. The summed E-state index contributed by atoms with van der Waals surface area (Å²) in [5.41, 5.74) is 8.92. The van der Waals surface area contributed by atoms with Crippen molar-refractivity contribution in [1.29, 1.82) is 0 Å². The monoisotopic (exact) mass is 375 g/mol. The topological polar surface area (TPSA) is 84.2 Å². The number of benzene rings is 2. The van der Waals surface area contributed by atoms with Gasteiger partial charge >= 0.3 is 0 Å². The molecule has 5 nitrogen and oxygen atoms in total. The van der Waals surface area contributed by atoms with Crippen LogP contribution in [0.4, 0.5) is 11.4 Å². The third kappa shape index (κ3) is 7.57. The van der Waals surface area contributed by atoms with Crippen LogP contribution in [0.15, 0.2) is 48.5 Å². The predicted octanol–water partition coefficient (Wildman–Crippen LogP) is 3.53. The number of hydrogen-bond acceptors (Lipinski definition) is 3. The van der Waals surface area contributed by atoms with Gasteiger partial charge in [-0.3, -0.25) is 9.59 Å². The highest BCUT2D eigenvalue weighted by molar-refractivity contribution is 5.90. The molecule has 0 aliphatic rings. The van der Waals surface area contributed by atoms with E-state index < -0.39 is 0 Å². The Kier molecular flexibility index (Phi) is 8.65. The molecule has 2 aromatic carbocycles. The molecule has 0 radical (unpaired) electrons. The molecule has 4 N–H and O–H groups in total. The van der Waals surface area contributed by atoms with Crippen LogP contribution in [-0.4, -0.2) is 11.8 Å². The van der Waals surface area contributed by atoms with E-state index in [1.165, 1.54) is 0 Å². The number of nitrogen functional groups attached to an aromatic ring is 1. The normalized spacial score (nSPS) is 10.1. The molecule has 0 aliphatic heterocycles. The van der Waals surface area contributed by atoms with Crippen molar-refractivity contribution in [3.05, 3.63) is 59.7 Å². The minimum absolute atomic E-state index is 0. The molecule has 0 saturated carbocycles. The van der Waals surface area contributed by atoms with Crippen molar-refractivity contribution in [2.45, 2.75) is 33.2 Å². The zero-order valence-electron chi connectivity index (χ0n) is 15.1. The van der Waals surface area contributed by atoms with Gasteiger partial charge in [0.15, 0.2) is 0 Å². The second-order valence-electron chi connectivity index (χ2n) is 6.54. The first-order valence-electron chi connectivity index (χ1n) is 8.42. The Labute approximate surface area is 160 Å². The molecule has 0 bridgehead atoms.